The lowest BCUT2D eigenvalue weighted by atomic mass is 10.0. The number of benzene rings is 3. The van der Waals surface area contributed by atoms with Crippen LogP contribution in [0.5, 0.6) is 17.2 Å². The van der Waals surface area contributed by atoms with E-state index in [0.717, 1.165) is 16.3 Å². The van der Waals surface area contributed by atoms with Gasteiger partial charge in [-0.1, -0.05) is 30.3 Å². The van der Waals surface area contributed by atoms with Crippen molar-refractivity contribution in [3.63, 3.8) is 0 Å². The molecule has 0 spiro atoms. The molecule has 126 valence electrons. The summed E-state index contributed by atoms with van der Waals surface area (Å²) in [6, 6.07) is 16.2. The third-order valence-corrected chi connectivity index (χ3v) is 3.93. The molecule has 0 saturated carbocycles. The van der Waals surface area contributed by atoms with Crippen molar-refractivity contribution >= 4 is 22.6 Å². The lowest BCUT2D eigenvalue weighted by Crippen LogP contribution is -1.95. The van der Waals surface area contributed by atoms with Crippen LogP contribution in [0.2, 0.25) is 0 Å². The quantitative estimate of drug-likeness (QED) is 0.553. The highest BCUT2D eigenvalue weighted by Crippen LogP contribution is 2.27. The SMILES string of the molecule is COc1cc(/C=C/C(=O)c2cc3ccccc3cc2O)cc(OC)c1. The number of carbonyl (C=O) groups is 1. The lowest BCUT2D eigenvalue weighted by molar-refractivity contribution is 0.104. The third-order valence-electron chi connectivity index (χ3n) is 3.93. The monoisotopic (exact) mass is 334 g/mol. The smallest absolute Gasteiger partial charge is 0.189 e. The van der Waals surface area contributed by atoms with Gasteiger partial charge in [0.05, 0.1) is 19.8 Å². The number of phenolic OH excluding ortho intramolecular Hbond substituents is 1. The van der Waals surface area contributed by atoms with Crippen LogP contribution in [-0.2, 0) is 0 Å². The van der Waals surface area contributed by atoms with Gasteiger partial charge in [-0.2, -0.15) is 0 Å². The van der Waals surface area contributed by atoms with E-state index in [2.05, 4.69) is 0 Å². The van der Waals surface area contributed by atoms with E-state index in [4.69, 9.17) is 9.47 Å². The van der Waals surface area contributed by atoms with Crippen LogP contribution in [-0.4, -0.2) is 25.1 Å². The molecular formula is C21H18O4. The molecule has 3 aromatic rings. The standard InChI is InChI=1S/C21H18O4/c1-24-17-9-14(10-18(13-17)25-2)7-8-20(22)19-11-15-5-3-4-6-16(15)12-21(19)23/h3-13,23H,1-2H3/b8-7+. The largest absolute Gasteiger partial charge is 0.507 e. The molecule has 0 atom stereocenters. The van der Waals surface area contributed by atoms with Crippen molar-refractivity contribution in [3.8, 4) is 17.2 Å². The number of rotatable bonds is 5. The second-order valence-corrected chi connectivity index (χ2v) is 5.56. The zero-order chi connectivity index (χ0) is 17.8. The Morgan fingerprint density at radius 1 is 0.920 bits per heavy atom. The second-order valence-electron chi connectivity index (χ2n) is 5.56. The average molecular weight is 334 g/mol. The molecule has 0 unspecified atom stereocenters. The van der Waals surface area contributed by atoms with Gasteiger partial charge < -0.3 is 14.6 Å². The van der Waals surface area contributed by atoms with Gasteiger partial charge in [-0.25, -0.2) is 0 Å². The molecule has 0 bridgehead atoms. The van der Waals surface area contributed by atoms with Gasteiger partial charge in [0, 0.05) is 6.07 Å². The fourth-order valence-corrected chi connectivity index (χ4v) is 2.61. The topological polar surface area (TPSA) is 55.8 Å². The van der Waals surface area contributed by atoms with Crippen molar-refractivity contribution in [2.24, 2.45) is 0 Å². The fraction of sp³-hybridized carbons (Fsp3) is 0.0952. The molecule has 4 nitrogen and oxygen atoms in total. The number of ether oxygens (including phenoxy) is 2. The van der Waals surface area contributed by atoms with Gasteiger partial charge in [-0.3, -0.25) is 4.79 Å². The molecule has 0 aliphatic carbocycles. The first-order valence-electron chi connectivity index (χ1n) is 7.78. The number of hydrogen-bond donors (Lipinski definition) is 1. The summed E-state index contributed by atoms with van der Waals surface area (Å²) in [6.07, 6.45) is 3.10. The van der Waals surface area contributed by atoms with Crippen molar-refractivity contribution in [2.45, 2.75) is 0 Å². The van der Waals surface area contributed by atoms with E-state index in [-0.39, 0.29) is 17.1 Å². The van der Waals surface area contributed by atoms with Crippen LogP contribution in [0.25, 0.3) is 16.8 Å². The van der Waals surface area contributed by atoms with Crippen LogP contribution in [0.1, 0.15) is 15.9 Å². The molecule has 25 heavy (non-hydrogen) atoms. The zero-order valence-corrected chi connectivity index (χ0v) is 14.0. The molecule has 0 aliphatic heterocycles. The number of aromatic hydroxyl groups is 1. The van der Waals surface area contributed by atoms with Crippen LogP contribution in [0, 0.1) is 0 Å². The van der Waals surface area contributed by atoms with Crippen molar-refractivity contribution in [1.29, 1.82) is 0 Å². The first kappa shape index (κ1) is 16.6. The summed E-state index contributed by atoms with van der Waals surface area (Å²) in [5.74, 6) is 0.974. The van der Waals surface area contributed by atoms with Gasteiger partial charge in [-0.05, 0) is 46.7 Å². The molecule has 4 heteroatoms. The predicted molar refractivity (Wildman–Crippen MR) is 98.5 cm³/mol. The molecule has 3 rings (SSSR count). The maximum Gasteiger partial charge on any atom is 0.189 e. The normalized spacial score (nSPS) is 11.0. The molecule has 0 fully saturated rings. The number of methoxy groups -OCH3 is 2. The molecule has 0 aliphatic rings. The molecule has 0 aromatic heterocycles. The summed E-state index contributed by atoms with van der Waals surface area (Å²) in [6.45, 7) is 0. The Labute approximate surface area is 145 Å². The summed E-state index contributed by atoms with van der Waals surface area (Å²) in [5, 5.41) is 11.9. The Morgan fingerprint density at radius 2 is 1.52 bits per heavy atom. The first-order chi connectivity index (χ1) is 12.1. The first-order valence-corrected chi connectivity index (χ1v) is 7.78. The summed E-state index contributed by atoms with van der Waals surface area (Å²) in [4.78, 5) is 12.5. The summed E-state index contributed by atoms with van der Waals surface area (Å²) >= 11 is 0. The van der Waals surface area contributed by atoms with Gasteiger partial charge in [0.1, 0.15) is 17.2 Å². The van der Waals surface area contributed by atoms with E-state index >= 15 is 0 Å². The number of fused-ring (bicyclic) bond motifs is 1. The van der Waals surface area contributed by atoms with E-state index < -0.39 is 0 Å². The van der Waals surface area contributed by atoms with Crippen molar-refractivity contribution in [2.75, 3.05) is 14.2 Å². The summed E-state index contributed by atoms with van der Waals surface area (Å²) in [5.41, 5.74) is 1.04. The number of phenols is 1. The molecule has 0 amide bonds. The van der Waals surface area contributed by atoms with E-state index in [9.17, 15) is 9.90 Å². The van der Waals surface area contributed by atoms with Gasteiger partial charge in [-0.15, -0.1) is 0 Å². The lowest BCUT2D eigenvalue weighted by Gasteiger charge is -2.06. The van der Waals surface area contributed by atoms with E-state index in [1.54, 1.807) is 50.6 Å². The maximum absolute atomic E-state index is 12.5. The maximum atomic E-state index is 12.5. The van der Waals surface area contributed by atoms with Gasteiger partial charge >= 0.3 is 0 Å². The van der Waals surface area contributed by atoms with E-state index in [0.29, 0.717) is 11.5 Å². The minimum absolute atomic E-state index is 0.0310. The third kappa shape index (κ3) is 3.63. The molecule has 1 N–H and O–H groups in total. The van der Waals surface area contributed by atoms with Gasteiger partial charge in [0.15, 0.2) is 5.78 Å². The minimum Gasteiger partial charge on any atom is -0.507 e. The Bertz CT molecular complexity index is 935. The summed E-state index contributed by atoms with van der Waals surface area (Å²) in [7, 11) is 3.14. The van der Waals surface area contributed by atoms with Gasteiger partial charge in [0.2, 0.25) is 0 Å². The number of allylic oxidation sites excluding steroid dienone is 1. The number of ketones is 1. The van der Waals surface area contributed by atoms with E-state index in [1.807, 2.05) is 24.3 Å². The Hall–Kier alpha value is -3.27. The average Bonchev–Trinajstić information content (AvgIpc) is 2.65. The molecule has 0 saturated heterocycles. The highest BCUT2D eigenvalue weighted by Gasteiger charge is 2.10. The molecule has 3 aromatic carbocycles. The van der Waals surface area contributed by atoms with Crippen molar-refractivity contribution < 1.29 is 19.4 Å². The molecular weight excluding hydrogens is 316 g/mol. The number of carbonyl (C=O) groups excluding carboxylic acids is 1. The van der Waals surface area contributed by atoms with Gasteiger partial charge in [0.25, 0.3) is 0 Å². The van der Waals surface area contributed by atoms with E-state index in [1.165, 1.54) is 6.08 Å². The van der Waals surface area contributed by atoms with Crippen molar-refractivity contribution in [3.05, 3.63) is 71.8 Å². The van der Waals surface area contributed by atoms with Crippen LogP contribution in [0.15, 0.2) is 60.7 Å². The predicted octanol–water partition coefficient (Wildman–Crippen LogP) is 4.46. The van der Waals surface area contributed by atoms with Crippen LogP contribution < -0.4 is 9.47 Å². The highest BCUT2D eigenvalue weighted by molar-refractivity contribution is 6.10. The molecule has 0 heterocycles. The highest BCUT2D eigenvalue weighted by atomic mass is 16.5. The van der Waals surface area contributed by atoms with Crippen LogP contribution in [0.4, 0.5) is 0 Å². The molecule has 0 radical (unpaired) electrons. The Balaban J connectivity index is 1.92. The fourth-order valence-electron chi connectivity index (χ4n) is 2.61. The Kier molecular flexibility index (Phi) is 4.70. The van der Waals surface area contributed by atoms with Crippen molar-refractivity contribution in [1.82, 2.24) is 0 Å². The minimum atomic E-state index is -0.273. The Morgan fingerprint density at radius 3 is 2.12 bits per heavy atom. The van der Waals surface area contributed by atoms with Crippen LogP contribution >= 0.6 is 0 Å². The van der Waals surface area contributed by atoms with Crippen LogP contribution in [0.3, 0.4) is 0 Å². The summed E-state index contributed by atoms with van der Waals surface area (Å²) < 4.78 is 10.4. The zero-order valence-electron chi connectivity index (χ0n) is 14.0. The number of hydrogen-bond acceptors (Lipinski definition) is 4. The second kappa shape index (κ2) is 7.09.